The second-order valence-electron chi connectivity index (χ2n) is 3.96. The Kier molecular flexibility index (Phi) is 6.72. The van der Waals surface area contributed by atoms with Crippen molar-refractivity contribution in [1.29, 1.82) is 0 Å². The fourth-order valence-corrected chi connectivity index (χ4v) is 1.54. The molecular formula is C12H22N3O+. The fraction of sp³-hybridized carbons (Fsp3) is 0.583. The van der Waals surface area contributed by atoms with Crippen molar-refractivity contribution in [3.05, 3.63) is 24.4 Å². The van der Waals surface area contributed by atoms with Crippen molar-refractivity contribution in [3.63, 3.8) is 0 Å². The summed E-state index contributed by atoms with van der Waals surface area (Å²) in [6, 6.07) is 0. The summed E-state index contributed by atoms with van der Waals surface area (Å²) in [7, 11) is 0. The molecule has 1 amide bonds. The Morgan fingerprint density at radius 2 is 2.00 bits per heavy atom. The number of carbonyl (C=O) groups is 1. The number of hydrogen-bond donors (Lipinski definition) is 3. The summed E-state index contributed by atoms with van der Waals surface area (Å²) in [6.07, 6.45) is 13.2. The minimum Gasteiger partial charge on any atom is -0.224 e. The minimum atomic E-state index is 0.0287. The average molecular weight is 224 g/mol. The van der Waals surface area contributed by atoms with Crippen LogP contribution < -0.4 is 16.0 Å². The predicted octanol–water partition coefficient (Wildman–Crippen LogP) is 0.461. The lowest BCUT2D eigenvalue weighted by atomic mass is 10.2. The van der Waals surface area contributed by atoms with Gasteiger partial charge in [0.15, 0.2) is 0 Å². The van der Waals surface area contributed by atoms with E-state index in [1.165, 1.54) is 25.7 Å². The molecule has 0 aromatic carbocycles. The van der Waals surface area contributed by atoms with Gasteiger partial charge in [0.2, 0.25) is 0 Å². The van der Waals surface area contributed by atoms with Gasteiger partial charge in [-0.15, -0.1) is 0 Å². The van der Waals surface area contributed by atoms with E-state index in [0.29, 0.717) is 5.01 Å². The highest BCUT2D eigenvalue weighted by molar-refractivity contribution is 5.80. The third-order valence-electron chi connectivity index (χ3n) is 2.52. The quantitative estimate of drug-likeness (QED) is 0.415. The number of hydrogen-bond acceptors (Lipinski definition) is 3. The first kappa shape index (κ1) is 13.1. The molecule has 16 heavy (non-hydrogen) atoms. The van der Waals surface area contributed by atoms with Crippen LogP contribution in [-0.2, 0) is 4.79 Å². The van der Waals surface area contributed by atoms with Gasteiger partial charge in [-0.05, 0) is 18.6 Å². The molecule has 0 aliphatic carbocycles. The lowest BCUT2D eigenvalue weighted by molar-refractivity contribution is -0.820. The van der Waals surface area contributed by atoms with Crippen molar-refractivity contribution in [2.45, 2.75) is 39.0 Å². The van der Waals surface area contributed by atoms with Gasteiger partial charge < -0.3 is 0 Å². The van der Waals surface area contributed by atoms with E-state index in [2.05, 4.69) is 17.9 Å². The molecule has 4 heteroatoms. The molecule has 1 atom stereocenters. The van der Waals surface area contributed by atoms with E-state index < -0.39 is 0 Å². The highest BCUT2D eigenvalue weighted by Gasteiger charge is 2.14. The molecule has 3 N–H and O–H groups in total. The Labute approximate surface area is 97.3 Å². The first-order valence-electron chi connectivity index (χ1n) is 6.09. The minimum absolute atomic E-state index is 0.0287. The Morgan fingerprint density at radius 3 is 2.75 bits per heavy atom. The number of quaternary nitrogens is 1. The van der Waals surface area contributed by atoms with E-state index >= 15 is 0 Å². The van der Waals surface area contributed by atoms with Crippen LogP contribution in [-0.4, -0.2) is 12.5 Å². The van der Waals surface area contributed by atoms with Crippen molar-refractivity contribution in [3.8, 4) is 0 Å². The van der Waals surface area contributed by atoms with Crippen molar-refractivity contribution in [1.82, 2.24) is 11.0 Å². The van der Waals surface area contributed by atoms with Crippen LogP contribution in [0.25, 0.3) is 0 Å². The third kappa shape index (κ3) is 5.21. The topological polar surface area (TPSA) is 45.6 Å². The van der Waals surface area contributed by atoms with Gasteiger partial charge in [-0.2, -0.15) is 5.01 Å². The summed E-state index contributed by atoms with van der Waals surface area (Å²) in [5.41, 5.74) is 6.01. The van der Waals surface area contributed by atoms with Gasteiger partial charge >= 0.3 is 5.91 Å². The first-order chi connectivity index (χ1) is 7.84. The van der Waals surface area contributed by atoms with E-state index in [9.17, 15) is 4.79 Å². The van der Waals surface area contributed by atoms with Crippen LogP contribution >= 0.6 is 0 Å². The molecule has 0 bridgehead atoms. The van der Waals surface area contributed by atoms with Crippen LogP contribution in [0.2, 0.25) is 0 Å². The van der Waals surface area contributed by atoms with Crippen molar-refractivity contribution < 1.29 is 9.80 Å². The van der Waals surface area contributed by atoms with Gasteiger partial charge in [0, 0.05) is 12.6 Å². The molecule has 1 unspecified atom stereocenters. The second-order valence-corrected chi connectivity index (χ2v) is 3.96. The van der Waals surface area contributed by atoms with Crippen LogP contribution in [0, 0.1) is 0 Å². The number of unbranched alkanes of at least 4 members (excludes halogenated alkanes) is 4. The molecule has 1 heterocycles. The zero-order valence-electron chi connectivity index (χ0n) is 9.96. The van der Waals surface area contributed by atoms with Gasteiger partial charge in [-0.1, -0.05) is 38.1 Å². The van der Waals surface area contributed by atoms with Gasteiger partial charge in [-0.25, -0.2) is 10.2 Å². The molecule has 90 valence electrons. The smallest absolute Gasteiger partial charge is 0.224 e. The molecule has 0 saturated carbocycles. The van der Waals surface area contributed by atoms with Crippen LogP contribution in [0.4, 0.5) is 0 Å². The highest BCUT2D eigenvalue weighted by Crippen LogP contribution is 2.00. The van der Waals surface area contributed by atoms with Crippen molar-refractivity contribution >= 4 is 5.91 Å². The zero-order valence-corrected chi connectivity index (χ0v) is 9.96. The monoisotopic (exact) mass is 224 g/mol. The summed E-state index contributed by atoms with van der Waals surface area (Å²) in [4.78, 5) is 11.3. The Bertz CT molecular complexity index is 261. The van der Waals surface area contributed by atoms with Crippen LogP contribution in [0.15, 0.2) is 24.4 Å². The largest absolute Gasteiger partial charge is 0.361 e. The Morgan fingerprint density at radius 1 is 1.19 bits per heavy atom. The van der Waals surface area contributed by atoms with E-state index in [-0.39, 0.29) is 5.91 Å². The maximum atomic E-state index is 11.3. The molecule has 4 nitrogen and oxygen atoms in total. The average Bonchev–Trinajstić information content (AvgIpc) is 2.30. The predicted molar refractivity (Wildman–Crippen MR) is 64.1 cm³/mol. The Hall–Kier alpha value is -0.970. The first-order valence-corrected chi connectivity index (χ1v) is 6.09. The number of rotatable bonds is 8. The molecule has 1 aliphatic rings. The number of amides is 1. The molecule has 0 aromatic rings. The molecule has 0 aromatic heterocycles. The van der Waals surface area contributed by atoms with Crippen LogP contribution in [0.3, 0.4) is 0 Å². The maximum Gasteiger partial charge on any atom is 0.361 e. The van der Waals surface area contributed by atoms with E-state index in [1.54, 1.807) is 18.4 Å². The maximum absolute atomic E-state index is 11.3. The van der Waals surface area contributed by atoms with Gasteiger partial charge in [0.25, 0.3) is 0 Å². The van der Waals surface area contributed by atoms with Gasteiger partial charge in [-0.3, -0.25) is 0 Å². The summed E-state index contributed by atoms with van der Waals surface area (Å²) >= 11 is 0. The van der Waals surface area contributed by atoms with Crippen LogP contribution in [0.5, 0.6) is 0 Å². The fourth-order valence-electron chi connectivity index (χ4n) is 1.54. The molecule has 0 spiro atoms. The van der Waals surface area contributed by atoms with E-state index in [4.69, 9.17) is 0 Å². The number of allylic oxidation sites excluding steroid dienone is 2. The summed E-state index contributed by atoms with van der Waals surface area (Å²) in [6.45, 7) is 3.11. The zero-order chi connectivity index (χ0) is 11.6. The number of carbonyl (C=O) groups excluding carboxylic acids is 1. The van der Waals surface area contributed by atoms with E-state index in [0.717, 1.165) is 13.0 Å². The SMILES string of the molecule is CCCCCCCNN[NH+]1C=CC=CC1=O. The number of hydrazine groups is 1. The lowest BCUT2D eigenvalue weighted by Crippen LogP contribution is -3.18. The standard InChI is InChI=1S/C12H21N3O/c1-2-3-4-5-7-10-13-14-15-11-8-6-9-12(15)16/h6,8-9,11,13-14H,2-5,7,10H2,1H3/p+1. The lowest BCUT2D eigenvalue weighted by Gasteiger charge is -2.13. The van der Waals surface area contributed by atoms with Gasteiger partial charge in [0.05, 0.1) is 0 Å². The molecule has 1 aliphatic heterocycles. The molecular weight excluding hydrogens is 202 g/mol. The molecule has 0 saturated heterocycles. The molecule has 1 rings (SSSR count). The normalized spacial score (nSPS) is 19.3. The summed E-state index contributed by atoms with van der Waals surface area (Å²) in [5.74, 6) is 0.0287. The van der Waals surface area contributed by atoms with Gasteiger partial charge in [0.1, 0.15) is 6.20 Å². The second kappa shape index (κ2) is 8.21. The van der Waals surface area contributed by atoms with Crippen LogP contribution in [0.1, 0.15) is 39.0 Å². The Balaban J connectivity index is 1.97. The highest BCUT2D eigenvalue weighted by atomic mass is 16.2. The molecule has 0 radical (unpaired) electrons. The van der Waals surface area contributed by atoms with Crippen molar-refractivity contribution in [2.75, 3.05) is 6.54 Å². The summed E-state index contributed by atoms with van der Waals surface area (Å²) in [5, 5.41) is 0.621. The third-order valence-corrected chi connectivity index (χ3v) is 2.52. The number of nitrogens with one attached hydrogen (secondary N) is 3. The summed E-state index contributed by atoms with van der Waals surface area (Å²) < 4.78 is 0. The van der Waals surface area contributed by atoms with Crippen molar-refractivity contribution in [2.24, 2.45) is 0 Å². The molecule has 0 fully saturated rings. The van der Waals surface area contributed by atoms with E-state index in [1.807, 2.05) is 6.08 Å².